The van der Waals surface area contributed by atoms with E-state index in [1.54, 1.807) is 12.1 Å². The van der Waals surface area contributed by atoms with Gasteiger partial charge in [-0.25, -0.2) is 18.1 Å². The predicted octanol–water partition coefficient (Wildman–Crippen LogP) is 12.9. The Balaban J connectivity index is 0.000000238. The van der Waals surface area contributed by atoms with Gasteiger partial charge in [-0.15, -0.1) is 0 Å². The SMILES string of the molecule is CC(C(=O)CCc1cc(C(C)(C)C)nn1-c1cccc(Cl)c1)c1ccc(CN)c(F)c1.CCCc1ccc(C(C)C(=O)CCc2cc(C(C)(C)C)nn2-c2cccc(Cl)c2)cc1F. The molecule has 11 heteroatoms. The summed E-state index contributed by atoms with van der Waals surface area (Å²) < 4.78 is 32.2. The first kappa shape index (κ1) is 49.1. The first-order valence-corrected chi connectivity index (χ1v) is 22.5. The molecule has 0 spiro atoms. The molecule has 334 valence electrons. The summed E-state index contributed by atoms with van der Waals surface area (Å²) in [5.41, 5.74) is 13.4. The predicted molar refractivity (Wildman–Crippen MR) is 253 cm³/mol. The van der Waals surface area contributed by atoms with E-state index in [1.165, 1.54) is 12.1 Å². The second-order valence-electron chi connectivity index (χ2n) is 18.4. The molecule has 2 N–H and O–H groups in total. The van der Waals surface area contributed by atoms with E-state index in [1.807, 2.05) is 90.8 Å². The second kappa shape index (κ2) is 21.1. The molecular weight excluding hydrogens is 836 g/mol. The number of carbonyl (C=O) groups is 2. The van der Waals surface area contributed by atoms with Crippen molar-refractivity contribution >= 4 is 34.8 Å². The highest BCUT2D eigenvalue weighted by atomic mass is 35.5. The molecule has 4 aromatic carbocycles. The average Bonchev–Trinajstić information content (AvgIpc) is 3.88. The number of benzene rings is 4. The summed E-state index contributed by atoms with van der Waals surface area (Å²) in [6.07, 6.45) is 3.36. The minimum atomic E-state index is -0.397. The van der Waals surface area contributed by atoms with Crippen molar-refractivity contribution in [1.82, 2.24) is 19.6 Å². The van der Waals surface area contributed by atoms with Gasteiger partial charge in [-0.3, -0.25) is 9.59 Å². The van der Waals surface area contributed by atoms with E-state index < -0.39 is 5.92 Å². The third kappa shape index (κ3) is 12.8. The summed E-state index contributed by atoms with van der Waals surface area (Å²) in [6, 6.07) is 29.2. The van der Waals surface area contributed by atoms with Gasteiger partial charge in [-0.05, 0) is 96.6 Å². The maximum atomic E-state index is 14.4. The summed E-state index contributed by atoms with van der Waals surface area (Å²) in [5, 5.41) is 10.9. The Labute approximate surface area is 382 Å². The van der Waals surface area contributed by atoms with Crippen LogP contribution in [0.3, 0.4) is 0 Å². The first-order valence-electron chi connectivity index (χ1n) is 21.7. The van der Waals surface area contributed by atoms with Crippen molar-refractivity contribution in [1.29, 1.82) is 0 Å². The number of hydrogen-bond donors (Lipinski definition) is 1. The van der Waals surface area contributed by atoms with Crippen LogP contribution in [0.1, 0.15) is 138 Å². The van der Waals surface area contributed by atoms with E-state index in [2.05, 4.69) is 53.7 Å². The highest BCUT2D eigenvalue weighted by molar-refractivity contribution is 6.31. The van der Waals surface area contributed by atoms with Gasteiger partial charge < -0.3 is 5.73 Å². The second-order valence-corrected chi connectivity index (χ2v) is 19.2. The van der Waals surface area contributed by atoms with Crippen LogP contribution in [0.15, 0.2) is 97.1 Å². The van der Waals surface area contributed by atoms with Crippen molar-refractivity contribution in [2.24, 2.45) is 5.73 Å². The van der Waals surface area contributed by atoms with Gasteiger partial charge in [0.05, 0.1) is 22.8 Å². The number of Topliss-reactive ketones (excluding diaryl/α,β-unsaturated/α-hetero) is 2. The van der Waals surface area contributed by atoms with Gasteiger partial charge in [0.25, 0.3) is 0 Å². The number of aryl methyl sites for hydroxylation is 3. The quantitative estimate of drug-likeness (QED) is 0.111. The highest BCUT2D eigenvalue weighted by Crippen LogP contribution is 2.29. The molecule has 2 heterocycles. The van der Waals surface area contributed by atoms with Crippen LogP contribution in [-0.4, -0.2) is 31.1 Å². The zero-order valence-corrected chi connectivity index (χ0v) is 39.5. The van der Waals surface area contributed by atoms with Crippen LogP contribution < -0.4 is 5.73 Å². The largest absolute Gasteiger partial charge is 0.326 e. The summed E-state index contributed by atoms with van der Waals surface area (Å²) in [4.78, 5) is 25.9. The van der Waals surface area contributed by atoms with Crippen LogP contribution in [0, 0.1) is 11.6 Å². The molecule has 7 nitrogen and oxygen atoms in total. The number of halogens is 4. The minimum absolute atomic E-state index is 0.0519. The van der Waals surface area contributed by atoms with Gasteiger partial charge in [0.2, 0.25) is 0 Å². The molecule has 0 aliphatic rings. The number of rotatable bonds is 15. The van der Waals surface area contributed by atoms with Crippen molar-refractivity contribution in [3.8, 4) is 11.4 Å². The minimum Gasteiger partial charge on any atom is -0.326 e. The lowest BCUT2D eigenvalue weighted by Gasteiger charge is -2.14. The van der Waals surface area contributed by atoms with Gasteiger partial charge in [-0.2, -0.15) is 10.2 Å². The number of nitrogens with two attached hydrogens (primary N) is 1. The monoisotopic (exact) mass is 895 g/mol. The van der Waals surface area contributed by atoms with Gasteiger partial charge in [-0.1, -0.05) is 128 Å². The van der Waals surface area contributed by atoms with Crippen LogP contribution in [0.25, 0.3) is 11.4 Å². The van der Waals surface area contributed by atoms with E-state index in [0.29, 0.717) is 58.8 Å². The molecule has 0 saturated carbocycles. The molecule has 63 heavy (non-hydrogen) atoms. The lowest BCUT2D eigenvalue weighted by Crippen LogP contribution is -2.13. The van der Waals surface area contributed by atoms with Crippen LogP contribution in [-0.2, 0) is 46.2 Å². The molecule has 0 aliphatic carbocycles. The molecular formula is C52H61Cl2F2N5O2. The van der Waals surface area contributed by atoms with E-state index in [0.717, 1.165) is 46.1 Å². The fourth-order valence-corrected chi connectivity index (χ4v) is 7.57. The molecule has 2 atom stereocenters. The summed E-state index contributed by atoms with van der Waals surface area (Å²) >= 11 is 12.4. The van der Waals surface area contributed by atoms with E-state index in [-0.39, 0.29) is 46.5 Å². The zero-order chi connectivity index (χ0) is 46.2. The average molecular weight is 897 g/mol. The lowest BCUT2D eigenvalue weighted by molar-refractivity contribution is -0.120. The Hall–Kier alpha value is -4.96. The topological polar surface area (TPSA) is 95.8 Å². The molecule has 6 rings (SSSR count). The molecule has 2 aromatic heterocycles. The molecule has 0 fully saturated rings. The van der Waals surface area contributed by atoms with E-state index >= 15 is 0 Å². The maximum Gasteiger partial charge on any atom is 0.140 e. The van der Waals surface area contributed by atoms with Crippen molar-refractivity contribution < 1.29 is 18.4 Å². The smallest absolute Gasteiger partial charge is 0.140 e. The third-order valence-corrected chi connectivity index (χ3v) is 11.8. The summed E-state index contributed by atoms with van der Waals surface area (Å²) in [7, 11) is 0. The standard InChI is InChI=1S/C27H32ClFN2O.C25H29ClFN3O/c1-6-8-19-11-12-20(15-24(19)29)18(2)25(32)14-13-23-17-26(27(3,4)5)30-31(23)22-10-7-9-21(28)16-22;1-16(17-8-9-18(15-28)22(27)12-17)23(31)11-10-21-14-24(25(2,3)4)29-30(21)20-7-5-6-19(26)13-20/h7,9-12,15-18H,6,8,13-14H2,1-5H3;5-9,12-14,16H,10-11,15,28H2,1-4H3. The molecule has 0 amide bonds. The number of aromatic nitrogens is 4. The Bertz CT molecular complexity index is 2530. The van der Waals surface area contributed by atoms with E-state index in [9.17, 15) is 18.4 Å². The first-order chi connectivity index (χ1) is 29.7. The number of hydrogen-bond acceptors (Lipinski definition) is 5. The lowest BCUT2D eigenvalue weighted by atomic mass is 9.91. The van der Waals surface area contributed by atoms with Gasteiger partial charge in [0.15, 0.2) is 0 Å². The van der Waals surface area contributed by atoms with Crippen LogP contribution in [0.5, 0.6) is 0 Å². The molecule has 0 bridgehead atoms. The summed E-state index contributed by atoms with van der Waals surface area (Å²) in [5.74, 6) is -1.21. The normalized spacial score (nSPS) is 12.7. The Morgan fingerprint density at radius 1 is 0.619 bits per heavy atom. The van der Waals surface area contributed by atoms with Gasteiger partial charge in [0, 0.05) is 69.0 Å². The van der Waals surface area contributed by atoms with Gasteiger partial charge in [0.1, 0.15) is 23.2 Å². The van der Waals surface area contributed by atoms with Crippen molar-refractivity contribution in [2.45, 2.75) is 130 Å². The van der Waals surface area contributed by atoms with Crippen molar-refractivity contribution in [3.63, 3.8) is 0 Å². The molecule has 0 radical (unpaired) electrons. The third-order valence-electron chi connectivity index (χ3n) is 11.3. The van der Waals surface area contributed by atoms with Crippen LogP contribution in [0.4, 0.5) is 8.78 Å². The van der Waals surface area contributed by atoms with Gasteiger partial charge >= 0.3 is 0 Å². The highest BCUT2D eigenvalue weighted by Gasteiger charge is 2.24. The molecule has 6 aromatic rings. The molecule has 2 unspecified atom stereocenters. The Morgan fingerprint density at radius 2 is 1.03 bits per heavy atom. The molecule has 0 saturated heterocycles. The van der Waals surface area contributed by atoms with Crippen molar-refractivity contribution in [2.75, 3.05) is 0 Å². The fraction of sp³-hybridized carbons (Fsp3) is 0.385. The molecule has 0 aliphatic heterocycles. The van der Waals surface area contributed by atoms with Crippen LogP contribution >= 0.6 is 23.2 Å². The van der Waals surface area contributed by atoms with Crippen LogP contribution in [0.2, 0.25) is 10.0 Å². The van der Waals surface area contributed by atoms with Crippen molar-refractivity contribution in [3.05, 3.63) is 164 Å². The summed E-state index contributed by atoms with van der Waals surface area (Å²) in [6.45, 7) is 18.5. The number of nitrogens with zero attached hydrogens (tertiary/aromatic N) is 4. The van der Waals surface area contributed by atoms with E-state index in [4.69, 9.17) is 39.1 Å². The maximum absolute atomic E-state index is 14.4. The fourth-order valence-electron chi connectivity index (χ4n) is 7.20. The zero-order valence-electron chi connectivity index (χ0n) is 38.0. The number of ketones is 2. The Kier molecular flexibility index (Phi) is 16.5. The Morgan fingerprint density at radius 3 is 1.38 bits per heavy atom. The number of carbonyl (C=O) groups excluding carboxylic acids is 2.